The highest BCUT2D eigenvalue weighted by Gasteiger charge is 2.31. The van der Waals surface area contributed by atoms with Crippen molar-refractivity contribution < 1.29 is 23.7 Å². The molecule has 1 aliphatic heterocycles. The third-order valence-electron chi connectivity index (χ3n) is 4.78. The minimum absolute atomic E-state index is 0.408. The van der Waals surface area contributed by atoms with Gasteiger partial charge in [0.2, 0.25) is 0 Å². The summed E-state index contributed by atoms with van der Waals surface area (Å²) in [5.74, 6) is 2.31. The van der Waals surface area contributed by atoms with Crippen LogP contribution in [0.15, 0.2) is 60.7 Å². The average molecular weight is 376 g/mol. The van der Waals surface area contributed by atoms with Gasteiger partial charge in [0.25, 0.3) is 0 Å². The molecule has 4 rings (SSSR count). The van der Waals surface area contributed by atoms with Crippen molar-refractivity contribution in [3.63, 3.8) is 0 Å². The van der Waals surface area contributed by atoms with Gasteiger partial charge in [-0.2, -0.15) is 0 Å². The van der Waals surface area contributed by atoms with Gasteiger partial charge in [0.15, 0.2) is 23.0 Å². The zero-order valence-corrected chi connectivity index (χ0v) is 15.7. The summed E-state index contributed by atoms with van der Waals surface area (Å²) in [6.07, 6.45) is 0.910. The number of ether oxygens (including phenoxy) is 4. The SMILES string of the molecule is COc1cc2c(cc1OC)C(C=O)c1cccc(OCc3ccccc3)c1O2. The van der Waals surface area contributed by atoms with Gasteiger partial charge >= 0.3 is 0 Å². The van der Waals surface area contributed by atoms with E-state index in [9.17, 15) is 4.79 Å². The maximum absolute atomic E-state index is 12.0. The molecule has 5 heteroatoms. The standard InChI is InChI=1S/C23H20O5/c1-25-21-11-17-18(13-24)16-9-6-10-19(27-14-15-7-4-3-5-8-15)23(16)28-20(17)12-22(21)26-2/h3-13,18H,14H2,1-2H3. The topological polar surface area (TPSA) is 54.0 Å². The van der Waals surface area contributed by atoms with Crippen LogP contribution in [-0.2, 0) is 11.4 Å². The van der Waals surface area contributed by atoms with Gasteiger partial charge in [0.1, 0.15) is 18.6 Å². The first kappa shape index (κ1) is 17.9. The zero-order valence-electron chi connectivity index (χ0n) is 15.7. The van der Waals surface area contributed by atoms with Gasteiger partial charge in [0.05, 0.1) is 20.1 Å². The Kier molecular flexibility index (Phi) is 4.89. The number of fused-ring (bicyclic) bond motifs is 2. The molecule has 0 saturated heterocycles. The molecule has 0 amide bonds. The van der Waals surface area contributed by atoms with Crippen molar-refractivity contribution in [1.82, 2.24) is 0 Å². The second kappa shape index (κ2) is 7.64. The van der Waals surface area contributed by atoms with E-state index in [1.165, 1.54) is 0 Å². The number of rotatable bonds is 6. The lowest BCUT2D eigenvalue weighted by Gasteiger charge is -2.27. The van der Waals surface area contributed by atoms with Crippen LogP contribution in [0, 0.1) is 0 Å². The molecule has 0 radical (unpaired) electrons. The average Bonchev–Trinajstić information content (AvgIpc) is 2.75. The van der Waals surface area contributed by atoms with Crippen molar-refractivity contribution in [2.24, 2.45) is 0 Å². The fourth-order valence-corrected chi connectivity index (χ4v) is 3.37. The highest BCUT2D eigenvalue weighted by molar-refractivity contribution is 5.77. The number of hydrogen-bond donors (Lipinski definition) is 0. The number of methoxy groups -OCH3 is 2. The maximum Gasteiger partial charge on any atom is 0.173 e. The third kappa shape index (κ3) is 3.16. The van der Waals surface area contributed by atoms with E-state index < -0.39 is 5.92 Å². The van der Waals surface area contributed by atoms with Crippen LogP contribution in [0.5, 0.6) is 28.7 Å². The van der Waals surface area contributed by atoms with Gasteiger partial charge in [-0.05, 0) is 17.7 Å². The number of aldehydes is 1. The Morgan fingerprint density at radius 3 is 2.36 bits per heavy atom. The molecule has 28 heavy (non-hydrogen) atoms. The molecule has 0 spiro atoms. The second-order valence-electron chi connectivity index (χ2n) is 6.41. The van der Waals surface area contributed by atoms with Gasteiger partial charge in [0, 0.05) is 17.2 Å². The van der Waals surface area contributed by atoms with Gasteiger partial charge in [-0.25, -0.2) is 0 Å². The minimum atomic E-state index is -0.473. The molecular formula is C23H20O5. The van der Waals surface area contributed by atoms with Crippen molar-refractivity contribution in [3.05, 3.63) is 77.4 Å². The van der Waals surface area contributed by atoms with Crippen LogP contribution >= 0.6 is 0 Å². The first-order valence-corrected chi connectivity index (χ1v) is 8.94. The number of carbonyl (C=O) groups is 1. The molecule has 0 aliphatic carbocycles. The summed E-state index contributed by atoms with van der Waals surface area (Å²) in [4.78, 5) is 12.0. The quantitative estimate of drug-likeness (QED) is 0.583. The molecule has 3 aromatic rings. The van der Waals surface area contributed by atoms with Crippen molar-refractivity contribution in [3.8, 4) is 28.7 Å². The molecule has 0 bridgehead atoms. The van der Waals surface area contributed by atoms with Crippen LogP contribution in [0.1, 0.15) is 22.6 Å². The Hall–Kier alpha value is -3.47. The Balaban J connectivity index is 1.72. The molecular weight excluding hydrogens is 356 g/mol. The first-order valence-electron chi connectivity index (χ1n) is 8.94. The number of hydrogen-bond acceptors (Lipinski definition) is 5. The van der Waals surface area contributed by atoms with Gasteiger partial charge in [-0.3, -0.25) is 0 Å². The molecule has 1 aliphatic rings. The van der Waals surface area contributed by atoms with E-state index in [1.54, 1.807) is 26.4 Å². The van der Waals surface area contributed by atoms with Gasteiger partial charge in [-0.1, -0.05) is 42.5 Å². The van der Waals surface area contributed by atoms with Crippen molar-refractivity contribution in [2.75, 3.05) is 14.2 Å². The number of carbonyl (C=O) groups excluding carboxylic acids is 1. The smallest absolute Gasteiger partial charge is 0.173 e. The summed E-state index contributed by atoms with van der Waals surface area (Å²) in [7, 11) is 3.12. The van der Waals surface area contributed by atoms with Crippen LogP contribution in [0.25, 0.3) is 0 Å². The molecule has 0 fully saturated rings. The molecule has 1 heterocycles. The Morgan fingerprint density at radius 2 is 1.64 bits per heavy atom. The Labute approximate surface area is 163 Å². The predicted molar refractivity (Wildman–Crippen MR) is 105 cm³/mol. The highest BCUT2D eigenvalue weighted by atomic mass is 16.5. The molecule has 142 valence electrons. The van der Waals surface area contributed by atoms with E-state index in [-0.39, 0.29) is 0 Å². The summed E-state index contributed by atoms with van der Waals surface area (Å²) in [5.41, 5.74) is 2.55. The summed E-state index contributed by atoms with van der Waals surface area (Å²) < 4.78 is 22.9. The van der Waals surface area contributed by atoms with Crippen LogP contribution in [0.3, 0.4) is 0 Å². The van der Waals surface area contributed by atoms with Crippen LogP contribution < -0.4 is 18.9 Å². The van der Waals surface area contributed by atoms with Crippen LogP contribution in [-0.4, -0.2) is 20.5 Å². The molecule has 0 N–H and O–H groups in total. The molecule has 3 aromatic carbocycles. The molecule has 1 atom stereocenters. The Bertz CT molecular complexity index is 997. The van der Waals surface area contributed by atoms with Gasteiger partial charge in [-0.15, -0.1) is 0 Å². The fraction of sp³-hybridized carbons (Fsp3) is 0.174. The first-order chi connectivity index (χ1) is 13.7. The summed E-state index contributed by atoms with van der Waals surface area (Å²) in [6.45, 7) is 0.408. The maximum atomic E-state index is 12.0. The summed E-state index contributed by atoms with van der Waals surface area (Å²) in [5, 5.41) is 0. The highest BCUT2D eigenvalue weighted by Crippen LogP contribution is 2.50. The van der Waals surface area contributed by atoms with Gasteiger partial charge < -0.3 is 23.7 Å². The lowest BCUT2D eigenvalue weighted by molar-refractivity contribution is -0.108. The van der Waals surface area contributed by atoms with E-state index in [2.05, 4.69) is 0 Å². The molecule has 1 unspecified atom stereocenters. The van der Waals surface area contributed by atoms with E-state index in [0.29, 0.717) is 35.4 Å². The molecule has 5 nitrogen and oxygen atoms in total. The largest absolute Gasteiger partial charge is 0.493 e. The fourth-order valence-electron chi connectivity index (χ4n) is 3.37. The van der Waals surface area contributed by atoms with Crippen molar-refractivity contribution >= 4 is 6.29 Å². The third-order valence-corrected chi connectivity index (χ3v) is 4.78. The molecule has 0 saturated carbocycles. The van der Waals surface area contributed by atoms with E-state index in [4.69, 9.17) is 18.9 Å². The van der Waals surface area contributed by atoms with Crippen molar-refractivity contribution in [1.29, 1.82) is 0 Å². The zero-order chi connectivity index (χ0) is 19.5. The molecule has 0 aromatic heterocycles. The van der Waals surface area contributed by atoms with Crippen LogP contribution in [0.4, 0.5) is 0 Å². The summed E-state index contributed by atoms with van der Waals surface area (Å²) >= 11 is 0. The van der Waals surface area contributed by atoms with Crippen molar-refractivity contribution in [2.45, 2.75) is 12.5 Å². The lowest BCUT2D eigenvalue weighted by Crippen LogP contribution is -2.13. The number of benzene rings is 3. The van der Waals surface area contributed by atoms with Crippen LogP contribution in [0.2, 0.25) is 0 Å². The summed E-state index contributed by atoms with van der Waals surface area (Å²) in [6, 6.07) is 19.0. The van der Waals surface area contributed by atoms with E-state index in [1.807, 2.05) is 48.5 Å². The lowest BCUT2D eigenvalue weighted by atomic mass is 9.88. The normalized spacial score (nSPS) is 14.3. The number of para-hydroxylation sites is 1. The monoisotopic (exact) mass is 376 g/mol. The Morgan fingerprint density at radius 1 is 0.893 bits per heavy atom. The second-order valence-corrected chi connectivity index (χ2v) is 6.41. The van der Waals surface area contributed by atoms with E-state index in [0.717, 1.165) is 23.0 Å². The minimum Gasteiger partial charge on any atom is -0.493 e. The van der Waals surface area contributed by atoms with E-state index >= 15 is 0 Å². The predicted octanol–water partition coefficient (Wildman–Crippen LogP) is 4.72.